The first-order chi connectivity index (χ1) is 11.4. The molecule has 1 saturated heterocycles. The fourth-order valence-corrected chi connectivity index (χ4v) is 4.70. The summed E-state index contributed by atoms with van der Waals surface area (Å²) in [6, 6.07) is 5.07. The lowest BCUT2D eigenvalue weighted by Crippen LogP contribution is -2.28. The zero-order chi connectivity index (χ0) is 17.3. The van der Waals surface area contributed by atoms with Gasteiger partial charge in [0, 0.05) is 31.1 Å². The molecule has 0 radical (unpaired) electrons. The molecule has 0 unspecified atom stereocenters. The van der Waals surface area contributed by atoms with Crippen molar-refractivity contribution in [2.24, 2.45) is 0 Å². The molecule has 3 rings (SSSR count). The second-order valence-corrected chi connectivity index (χ2v) is 8.57. The Bertz CT molecular complexity index is 847. The minimum atomic E-state index is -3.61. The number of rotatable bonds is 5. The maximum Gasteiger partial charge on any atom is 0.243 e. The molecular weight excluding hydrogens is 346 g/mol. The van der Waals surface area contributed by atoms with Gasteiger partial charge in [-0.15, -0.1) is 11.3 Å². The lowest BCUT2D eigenvalue weighted by atomic mass is 10.2. The largest absolute Gasteiger partial charge is 0.312 e. The third kappa shape index (κ3) is 3.22. The molecule has 0 aliphatic carbocycles. The molecule has 1 amide bonds. The molecule has 1 aromatic carbocycles. The highest BCUT2D eigenvalue weighted by molar-refractivity contribution is 7.89. The second kappa shape index (κ2) is 6.62. The monoisotopic (exact) mass is 365 g/mol. The summed E-state index contributed by atoms with van der Waals surface area (Å²) >= 11 is 1.44. The van der Waals surface area contributed by atoms with Crippen molar-refractivity contribution in [1.82, 2.24) is 9.29 Å². The molecule has 128 valence electrons. The Morgan fingerprint density at radius 2 is 2.17 bits per heavy atom. The van der Waals surface area contributed by atoms with Gasteiger partial charge in [-0.2, -0.15) is 4.31 Å². The summed E-state index contributed by atoms with van der Waals surface area (Å²) < 4.78 is 26.9. The number of aryl methyl sites for hydroxylation is 1. The van der Waals surface area contributed by atoms with Crippen molar-refractivity contribution in [2.45, 2.75) is 31.2 Å². The number of carbonyl (C=O) groups excluding carboxylic acids is 1. The van der Waals surface area contributed by atoms with E-state index >= 15 is 0 Å². The first kappa shape index (κ1) is 17.1. The summed E-state index contributed by atoms with van der Waals surface area (Å²) in [5.74, 6) is 0.0886. The third-order valence-electron chi connectivity index (χ3n) is 4.10. The summed E-state index contributed by atoms with van der Waals surface area (Å²) in [5, 5.41) is 1.83. The number of amides is 1. The predicted octanol–water partition coefficient (Wildman–Crippen LogP) is 2.40. The minimum Gasteiger partial charge on any atom is -0.312 e. The third-order valence-corrected chi connectivity index (χ3v) is 6.70. The molecule has 1 aliphatic rings. The van der Waals surface area contributed by atoms with E-state index in [1.807, 2.05) is 5.38 Å². The van der Waals surface area contributed by atoms with Crippen molar-refractivity contribution in [3.05, 3.63) is 40.3 Å². The number of benzene rings is 1. The molecule has 0 saturated carbocycles. The van der Waals surface area contributed by atoms with Crippen molar-refractivity contribution in [1.29, 1.82) is 0 Å². The van der Waals surface area contributed by atoms with Gasteiger partial charge >= 0.3 is 0 Å². The maximum atomic E-state index is 12.8. The van der Waals surface area contributed by atoms with Crippen LogP contribution in [0.3, 0.4) is 0 Å². The first-order valence-electron chi connectivity index (χ1n) is 7.64. The van der Waals surface area contributed by atoms with Crippen LogP contribution in [-0.4, -0.2) is 37.2 Å². The molecular formula is C16H19N3O3S2. The van der Waals surface area contributed by atoms with E-state index in [-0.39, 0.29) is 17.3 Å². The number of nitrogens with zero attached hydrogens (tertiary/aromatic N) is 3. The van der Waals surface area contributed by atoms with Crippen LogP contribution in [0.1, 0.15) is 24.1 Å². The van der Waals surface area contributed by atoms with Crippen LogP contribution in [-0.2, 0) is 21.4 Å². The molecule has 2 aromatic rings. The van der Waals surface area contributed by atoms with E-state index in [2.05, 4.69) is 4.98 Å². The first-order valence-corrected chi connectivity index (χ1v) is 10.0. The Labute approximate surface area is 145 Å². The van der Waals surface area contributed by atoms with Crippen LogP contribution in [0.2, 0.25) is 0 Å². The zero-order valence-electron chi connectivity index (χ0n) is 13.6. The van der Waals surface area contributed by atoms with E-state index in [1.54, 1.807) is 42.6 Å². The van der Waals surface area contributed by atoms with E-state index in [4.69, 9.17) is 0 Å². The van der Waals surface area contributed by atoms with Crippen LogP contribution in [0.25, 0.3) is 0 Å². The van der Waals surface area contributed by atoms with Crippen molar-refractivity contribution < 1.29 is 13.2 Å². The lowest BCUT2D eigenvalue weighted by molar-refractivity contribution is -0.117. The summed E-state index contributed by atoms with van der Waals surface area (Å²) in [6.07, 6.45) is 1.39. The van der Waals surface area contributed by atoms with Crippen LogP contribution in [0.4, 0.5) is 5.69 Å². The van der Waals surface area contributed by atoms with E-state index < -0.39 is 10.0 Å². The van der Waals surface area contributed by atoms with Crippen LogP contribution >= 0.6 is 11.3 Å². The van der Waals surface area contributed by atoms with E-state index in [1.165, 1.54) is 15.6 Å². The van der Waals surface area contributed by atoms with Gasteiger partial charge in [0.1, 0.15) is 0 Å². The number of aromatic nitrogens is 1. The highest BCUT2D eigenvalue weighted by Crippen LogP contribution is 2.27. The fraction of sp³-hybridized carbons (Fsp3) is 0.375. The molecule has 8 heteroatoms. The predicted molar refractivity (Wildman–Crippen MR) is 93.5 cm³/mol. The number of anilines is 1. The Morgan fingerprint density at radius 3 is 2.75 bits per heavy atom. The van der Waals surface area contributed by atoms with Crippen LogP contribution in [0.15, 0.2) is 34.0 Å². The van der Waals surface area contributed by atoms with E-state index in [0.29, 0.717) is 18.5 Å². The van der Waals surface area contributed by atoms with Gasteiger partial charge in [-0.05, 0) is 37.1 Å². The van der Waals surface area contributed by atoms with E-state index in [9.17, 15) is 13.2 Å². The topological polar surface area (TPSA) is 70.6 Å². The Balaban J connectivity index is 1.86. The van der Waals surface area contributed by atoms with Crippen molar-refractivity contribution in [2.75, 3.05) is 18.5 Å². The highest BCUT2D eigenvalue weighted by atomic mass is 32.2. The molecule has 0 atom stereocenters. The van der Waals surface area contributed by atoms with Crippen LogP contribution in [0, 0.1) is 6.92 Å². The van der Waals surface area contributed by atoms with Gasteiger partial charge in [-0.1, -0.05) is 0 Å². The zero-order valence-corrected chi connectivity index (χ0v) is 15.2. The van der Waals surface area contributed by atoms with E-state index in [0.717, 1.165) is 17.8 Å². The number of carbonyl (C=O) groups is 1. The molecule has 1 aliphatic heterocycles. The number of hydrogen-bond acceptors (Lipinski definition) is 5. The molecule has 0 bridgehead atoms. The average Bonchev–Trinajstić information content (AvgIpc) is 3.18. The molecule has 24 heavy (non-hydrogen) atoms. The number of thiazole rings is 1. The van der Waals surface area contributed by atoms with Gasteiger partial charge in [0.25, 0.3) is 0 Å². The highest BCUT2D eigenvalue weighted by Gasteiger charge is 2.26. The summed E-state index contributed by atoms with van der Waals surface area (Å²) in [5.41, 5.74) is 3.81. The summed E-state index contributed by atoms with van der Waals surface area (Å²) in [4.78, 5) is 17.9. The molecule has 0 spiro atoms. The molecule has 1 aromatic heterocycles. The Kier molecular flexibility index (Phi) is 4.71. The molecule has 2 heterocycles. The molecule has 1 fully saturated rings. The van der Waals surface area contributed by atoms with Gasteiger partial charge in [-0.25, -0.2) is 13.4 Å². The molecule has 6 nitrogen and oxygen atoms in total. The standard InChI is InChI=1S/C16H19N3O3S2/c1-12-8-14(19-7-3-4-16(19)20)5-6-15(12)24(21,22)18(2)9-13-10-23-11-17-13/h5-6,8,10-11H,3-4,7,9H2,1-2H3. The summed E-state index contributed by atoms with van der Waals surface area (Å²) in [7, 11) is -2.06. The summed E-state index contributed by atoms with van der Waals surface area (Å²) in [6.45, 7) is 2.68. The van der Waals surface area contributed by atoms with Gasteiger partial charge < -0.3 is 4.90 Å². The van der Waals surface area contributed by atoms with Gasteiger partial charge in [0.2, 0.25) is 15.9 Å². The van der Waals surface area contributed by atoms with Gasteiger partial charge in [0.15, 0.2) is 0 Å². The van der Waals surface area contributed by atoms with Crippen LogP contribution in [0.5, 0.6) is 0 Å². The van der Waals surface area contributed by atoms with Crippen LogP contribution < -0.4 is 4.90 Å². The van der Waals surface area contributed by atoms with Crippen molar-refractivity contribution >= 4 is 33.0 Å². The SMILES string of the molecule is Cc1cc(N2CCCC2=O)ccc1S(=O)(=O)N(C)Cc1cscn1. The second-order valence-electron chi connectivity index (χ2n) is 5.84. The maximum absolute atomic E-state index is 12.8. The normalized spacial score (nSPS) is 15.5. The van der Waals surface area contributed by atoms with Crippen molar-refractivity contribution in [3.63, 3.8) is 0 Å². The van der Waals surface area contributed by atoms with Gasteiger partial charge in [-0.3, -0.25) is 4.79 Å². The van der Waals surface area contributed by atoms with Gasteiger partial charge in [0.05, 0.1) is 22.6 Å². The fourth-order valence-electron chi connectivity index (χ4n) is 2.81. The number of hydrogen-bond donors (Lipinski definition) is 0. The minimum absolute atomic E-state index is 0.0886. The lowest BCUT2D eigenvalue weighted by Gasteiger charge is -2.20. The Hall–Kier alpha value is -1.77. The smallest absolute Gasteiger partial charge is 0.243 e. The van der Waals surface area contributed by atoms with Crippen molar-refractivity contribution in [3.8, 4) is 0 Å². The Morgan fingerprint density at radius 1 is 1.38 bits per heavy atom. The number of sulfonamides is 1. The average molecular weight is 365 g/mol. The quantitative estimate of drug-likeness (QED) is 0.816. The molecule has 0 N–H and O–H groups in total.